The number of para-hydroxylation sites is 1. The number of aromatic nitrogens is 4. The van der Waals surface area contributed by atoms with Crippen LogP contribution >= 0.6 is 11.8 Å². The summed E-state index contributed by atoms with van der Waals surface area (Å²) in [5.41, 5.74) is 2.62. The smallest absolute Gasteiger partial charge is 0.258 e. The number of nitrogens with one attached hydrogen (secondary N) is 1. The fourth-order valence-electron chi connectivity index (χ4n) is 2.47. The van der Waals surface area contributed by atoms with Gasteiger partial charge in [-0.05, 0) is 32.4 Å². The van der Waals surface area contributed by atoms with Gasteiger partial charge in [0.2, 0.25) is 0 Å². The van der Waals surface area contributed by atoms with Crippen molar-refractivity contribution < 1.29 is 0 Å². The Balaban J connectivity index is 1.96. The number of nitrogens with zero attached hydrogens (tertiary/aromatic N) is 4. The lowest BCUT2D eigenvalue weighted by Gasteiger charge is -2.07. The van der Waals surface area contributed by atoms with Gasteiger partial charge in [0.25, 0.3) is 5.56 Å². The Morgan fingerprint density at radius 3 is 2.75 bits per heavy atom. The monoisotopic (exact) mass is 337 g/mol. The molecule has 0 unspecified atom stereocenters. The van der Waals surface area contributed by atoms with Gasteiger partial charge in [0.15, 0.2) is 0 Å². The third-order valence-corrected chi connectivity index (χ3v) is 4.60. The van der Waals surface area contributed by atoms with Crippen LogP contribution in [0.2, 0.25) is 0 Å². The molecule has 0 bridgehead atoms. The van der Waals surface area contributed by atoms with Crippen LogP contribution in [0.15, 0.2) is 28.0 Å². The number of aromatic amines is 1. The SMILES string of the molecule is Cc1nc(C)c(C#N)c(SCc2nc3c(C)cccc3c(=O)[nH]2)n1. The van der Waals surface area contributed by atoms with Crippen molar-refractivity contribution in [3.63, 3.8) is 0 Å². The molecular weight excluding hydrogens is 322 g/mol. The summed E-state index contributed by atoms with van der Waals surface area (Å²) in [6.07, 6.45) is 0. The number of fused-ring (bicyclic) bond motifs is 1. The van der Waals surface area contributed by atoms with E-state index in [2.05, 4.69) is 26.0 Å². The van der Waals surface area contributed by atoms with Crippen LogP contribution in [0.5, 0.6) is 0 Å². The second-order valence-electron chi connectivity index (χ2n) is 5.42. The van der Waals surface area contributed by atoms with E-state index in [4.69, 9.17) is 0 Å². The number of benzene rings is 1. The molecule has 0 atom stereocenters. The standard InChI is InChI=1S/C17H15N5OS/c1-9-5-4-6-12-15(9)21-14(22-16(12)23)8-24-17-13(7-18)10(2)19-11(3)20-17/h4-6H,8H2,1-3H3,(H,21,22,23). The van der Waals surface area contributed by atoms with Crippen LogP contribution in [-0.4, -0.2) is 19.9 Å². The lowest BCUT2D eigenvalue weighted by Crippen LogP contribution is -2.12. The van der Waals surface area contributed by atoms with Gasteiger partial charge in [-0.25, -0.2) is 15.0 Å². The number of rotatable bonds is 3. The van der Waals surface area contributed by atoms with Crippen LogP contribution in [0, 0.1) is 32.1 Å². The summed E-state index contributed by atoms with van der Waals surface area (Å²) in [6.45, 7) is 5.51. The highest BCUT2D eigenvalue weighted by atomic mass is 32.2. The zero-order valence-corrected chi connectivity index (χ0v) is 14.4. The first-order valence-corrected chi connectivity index (χ1v) is 8.35. The molecule has 3 rings (SSSR count). The van der Waals surface area contributed by atoms with Gasteiger partial charge >= 0.3 is 0 Å². The minimum Gasteiger partial charge on any atom is -0.309 e. The van der Waals surface area contributed by atoms with Gasteiger partial charge in [-0.3, -0.25) is 4.79 Å². The molecule has 0 aliphatic carbocycles. The molecule has 0 radical (unpaired) electrons. The third-order valence-electron chi connectivity index (χ3n) is 3.61. The van der Waals surface area contributed by atoms with Crippen LogP contribution in [-0.2, 0) is 5.75 Å². The Morgan fingerprint density at radius 2 is 2.00 bits per heavy atom. The lowest BCUT2D eigenvalue weighted by atomic mass is 10.1. The predicted octanol–water partition coefficient (Wildman–Crippen LogP) is 2.80. The van der Waals surface area contributed by atoms with Crippen molar-refractivity contribution in [1.29, 1.82) is 5.26 Å². The average Bonchev–Trinajstić information content (AvgIpc) is 2.53. The molecule has 3 aromatic rings. The zero-order valence-electron chi connectivity index (χ0n) is 13.5. The Hall–Kier alpha value is -2.72. The molecule has 6 nitrogen and oxygen atoms in total. The number of aryl methyl sites for hydroxylation is 3. The number of hydrogen-bond donors (Lipinski definition) is 1. The first-order chi connectivity index (χ1) is 11.5. The van der Waals surface area contributed by atoms with Crippen LogP contribution in [0.4, 0.5) is 0 Å². The van der Waals surface area contributed by atoms with Gasteiger partial charge in [-0.1, -0.05) is 23.9 Å². The van der Waals surface area contributed by atoms with Crippen molar-refractivity contribution in [2.24, 2.45) is 0 Å². The van der Waals surface area contributed by atoms with Gasteiger partial charge in [-0.15, -0.1) is 0 Å². The van der Waals surface area contributed by atoms with Crippen LogP contribution in [0.3, 0.4) is 0 Å². The lowest BCUT2D eigenvalue weighted by molar-refractivity contribution is 0.921. The number of H-pyrrole nitrogens is 1. The molecule has 1 N–H and O–H groups in total. The van der Waals surface area contributed by atoms with E-state index in [0.717, 1.165) is 5.56 Å². The Morgan fingerprint density at radius 1 is 1.21 bits per heavy atom. The maximum Gasteiger partial charge on any atom is 0.258 e. The second-order valence-corrected chi connectivity index (χ2v) is 6.38. The van der Waals surface area contributed by atoms with E-state index in [1.54, 1.807) is 19.9 Å². The van der Waals surface area contributed by atoms with Gasteiger partial charge in [0.05, 0.1) is 22.3 Å². The fraction of sp³-hybridized carbons (Fsp3) is 0.235. The quantitative estimate of drug-likeness (QED) is 0.583. The Bertz CT molecular complexity index is 1040. The van der Waals surface area contributed by atoms with Gasteiger partial charge < -0.3 is 4.98 Å². The summed E-state index contributed by atoms with van der Waals surface area (Å²) < 4.78 is 0. The van der Waals surface area contributed by atoms with Crippen molar-refractivity contribution in [3.8, 4) is 6.07 Å². The molecule has 0 aliphatic rings. The van der Waals surface area contributed by atoms with E-state index in [9.17, 15) is 10.1 Å². The molecular formula is C17H15N5OS. The molecule has 1 aromatic carbocycles. The highest BCUT2D eigenvalue weighted by molar-refractivity contribution is 7.98. The molecule has 2 heterocycles. The maximum atomic E-state index is 12.2. The summed E-state index contributed by atoms with van der Waals surface area (Å²) in [5, 5.41) is 10.5. The molecule has 0 fully saturated rings. The summed E-state index contributed by atoms with van der Waals surface area (Å²) >= 11 is 1.37. The van der Waals surface area contributed by atoms with Crippen molar-refractivity contribution >= 4 is 22.7 Å². The Kier molecular flexibility index (Phi) is 4.32. The molecule has 7 heteroatoms. The first-order valence-electron chi connectivity index (χ1n) is 7.36. The normalized spacial score (nSPS) is 10.8. The molecule has 120 valence electrons. The maximum absolute atomic E-state index is 12.2. The van der Waals surface area contributed by atoms with Gasteiger partial charge in [-0.2, -0.15) is 5.26 Å². The molecule has 2 aromatic heterocycles. The van der Waals surface area contributed by atoms with Crippen molar-refractivity contribution in [2.75, 3.05) is 0 Å². The van der Waals surface area contributed by atoms with E-state index < -0.39 is 0 Å². The van der Waals surface area contributed by atoms with Crippen molar-refractivity contribution in [2.45, 2.75) is 31.6 Å². The zero-order chi connectivity index (χ0) is 17.3. The average molecular weight is 337 g/mol. The minimum absolute atomic E-state index is 0.158. The van der Waals surface area contributed by atoms with E-state index >= 15 is 0 Å². The van der Waals surface area contributed by atoms with Crippen LogP contribution in [0.1, 0.15) is 28.5 Å². The van der Waals surface area contributed by atoms with Gasteiger partial charge in [0.1, 0.15) is 28.3 Å². The number of thioether (sulfide) groups is 1. The molecule has 24 heavy (non-hydrogen) atoms. The van der Waals surface area contributed by atoms with E-state index in [0.29, 0.717) is 44.6 Å². The van der Waals surface area contributed by atoms with Crippen LogP contribution < -0.4 is 5.56 Å². The first kappa shape index (κ1) is 16.1. The fourth-order valence-corrected chi connectivity index (χ4v) is 3.42. The summed E-state index contributed by atoms with van der Waals surface area (Å²) in [4.78, 5) is 28.1. The third kappa shape index (κ3) is 3.01. The van der Waals surface area contributed by atoms with Crippen LogP contribution in [0.25, 0.3) is 10.9 Å². The summed E-state index contributed by atoms with van der Waals surface area (Å²) in [7, 11) is 0. The van der Waals surface area contributed by atoms with Gasteiger partial charge in [0, 0.05) is 0 Å². The van der Waals surface area contributed by atoms with Crippen molar-refractivity contribution in [1.82, 2.24) is 19.9 Å². The largest absolute Gasteiger partial charge is 0.309 e. The molecule has 0 aliphatic heterocycles. The molecule has 0 saturated carbocycles. The summed E-state index contributed by atoms with van der Waals surface area (Å²) in [6, 6.07) is 7.67. The highest BCUT2D eigenvalue weighted by Crippen LogP contribution is 2.25. The van der Waals surface area contributed by atoms with E-state index in [-0.39, 0.29) is 5.56 Å². The second kappa shape index (κ2) is 6.42. The topological polar surface area (TPSA) is 95.3 Å². The molecule has 0 amide bonds. The molecule has 0 spiro atoms. The van der Waals surface area contributed by atoms with Crippen molar-refractivity contribution in [3.05, 3.63) is 57.0 Å². The highest BCUT2D eigenvalue weighted by Gasteiger charge is 2.12. The van der Waals surface area contributed by atoms with E-state index in [1.807, 2.05) is 19.1 Å². The Labute approximate surface area is 143 Å². The minimum atomic E-state index is -0.158. The summed E-state index contributed by atoms with van der Waals surface area (Å²) in [5.74, 6) is 1.60. The molecule has 0 saturated heterocycles. The number of nitriles is 1. The van der Waals surface area contributed by atoms with E-state index in [1.165, 1.54) is 11.8 Å². The predicted molar refractivity (Wildman–Crippen MR) is 92.9 cm³/mol. The number of hydrogen-bond acceptors (Lipinski definition) is 6.